The number of H-pyrrole nitrogens is 1. The lowest BCUT2D eigenvalue weighted by Gasteiger charge is -2.23. The van der Waals surface area contributed by atoms with Crippen LogP contribution in [0, 0.1) is 0 Å². The van der Waals surface area contributed by atoms with Gasteiger partial charge in [0, 0.05) is 12.6 Å². The largest absolute Gasteiger partial charge is 0.370 e. The predicted octanol–water partition coefficient (Wildman–Crippen LogP) is 1.57. The van der Waals surface area contributed by atoms with E-state index < -0.39 is 0 Å². The number of nitrogens with one attached hydrogen (secondary N) is 2. The van der Waals surface area contributed by atoms with Gasteiger partial charge in [0.25, 0.3) is 0 Å². The highest BCUT2D eigenvalue weighted by molar-refractivity contribution is 5.78. The fourth-order valence-corrected chi connectivity index (χ4v) is 3.10. The van der Waals surface area contributed by atoms with Crippen LogP contribution in [-0.4, -0.2) is 28.1 Å². The number of nitrogens with zero attached hydrogens (tertiary/aromatic N) is 2. The van der Waals surface area contributed by atoms with Gasteiger partial charge in [0.1, 0.15) is 0 Å². The first-order chi connectivity index (χ1) is 10.7. The van der Waals surface area contributed by atoms with Gasteiger partial charge in [-0.05, 0) is 25.0 Å². The number of aromatic amines is 1. The number of hydrogen-bond acceptors (Lipinski definition) is 2. The molecule has 0 radical (unpaired) electrons. The minimum absolute atomic E-state index is 0.102. The molecule has 0 aliphatic heterocycles. The zero-order chi connectivity index (χ0) is 15.4. The second kappa shape index (κ2) is 6.68. The van der Waals surface area contributed by atoms with Crippen LogP contribution in [0.1, 0.15) is 32.1 Å². The van der Waals surface area contributed by atoms with Crippen molar-refractivity contribution in [2.24, 2.45) is 10.7 Å². The van der Waals surface area contributed by atoms with E-state index >= 15 is 0 Å². The Morgan fingerprint density at radius 3 is 2.91 bits per heavy atom. The number of benzene rings is 1. The summed E-state index contributed by atoms with van der Waals surface area (Å²) < 4.78 is 1.70. The Hall–Kier alpha value is -2.24. The second-order valence-corrected chi connectivity index (χ2v) is 5.85. The van der Waals surface area contributed by atoms with Gasteiger partial charge in [0.2, 0.25) is 0 Å². The topological polar surface area (TPSA) is 88.2 Å². The van der Waals surface area contributed by atoms with E-state index in [0.717, 1.165) is 23.9 Å². The lowest BCUT2D eigenvalue weighted by atomic mass is 9.96. The van der Waals surface area contributed by atoms with Gasteiger partial charge in [-0.25, -0.2) is 4.79 Å². The summed E-state index contributed by atoms with van der Waals surface area (Å²) in [4.78, 5) is 19.1. The van der Waals surface area contributed by atoms with Crippen LogP contribution < -0.4 is 16.7 Å². The zero-order valence-electron chi connectivity index (χ0n) is 12.7. The molecule has 22 heavy (non-hydrogen) atoms. The SMILES string of the molecule is NC(=NCCn1c(=O)[nH]c2ccccc21)NC1CCCCC1. The summed E-state index contributed by atoms with van der Waals surface area (Å²) in [7, 11) is 0. The molecule has 0 unspecified atom stereocenters. The second-order valence-electron chi connectivity index (χ2n) is 5.85. The van der Waals surface area contributed by atoms with Crippen LogP contribution in [0.2, 0.25) is 0 Å². The number of nitrogens with two attached hydrogens (primary N) is 1. The highest BCUT2D eigenvalue weighted by atomic mass is 16.1. The summed E-state index contributed by atoms with van der Waals surface area (Å²) in [5.74, 6) is 0.486. The molecule has 1 aliphatic carbocycles. The van der Waals surface area contributed by atoms with Gasteiger partial charge in [-0.15, -0.1) is 0 Å². The van der Waals surface area contributed by atoms with Crippen molar-refractivity contribution in [3.8, 4) is 0 Å². The van der Waals surface area contributed by atoms with Gasteiger partial charge in [-0.3, -0.25) is 9.56 Å². The molecule has 1 heterocycles. The molecule has 1 saturated carbocycles. The number of aliphatic imine (C=N–C) groups is 1. The smallest absolute Gasteiger partial charge is 0.326 e. The summed E-state index contributed by atoms with van der Waals surface area (Å²) in [6.45, 7) is 1.02. The van der Waals surface area contributed by atoms with Crippen LogP contribution in [0.25, 0.3) is 11.0 Å². The van der Waals surface area contributed by atoms with E-state index in [1.54, 1.807) is 4.57 Å². The number of fused-ring (bicyclic) bond motifs is 1. The molecule has 4 N–H and O–H groups in total. The number of hydrogen-bond donors (Lipinski definition) is 3. The normalized spacial score (nSPS) is 17.0. The lowest BCUT2D eigenvalue weighted by Crippen LogP contribution is -2.41. The fourth-order valence-electron chi connectivity index (χ4n) is 3.10. The molecular weight excluding hydrogens is 278 g/mol. The Kier molecular flexibility index (Phi) is 4.46. The molecule has 6 heteroatoms. The first-order valence-electron chi connectivity index (χ1n) is 7.98. The first kappa shape index (κ1) is 14.7. The molecule has 3 rings (SSSR count). The van der Waals surface area contributed by atoms with E-state index in [1.807, 2.05) is 24.3 Å². The third-order valence-electron chi connectivity index (χ3n) is 4.24. The maximum atomic E-state index is 11.9. The van der Waals surface area contributed by atoms with E-state index in [-0.39, 0.29) is 5.69 Å². The molecule has 1 aliphatic rings. The number of guanidine groups is 1. The highest BCUT2D eigenvalue weighted by Crippen LogP contribution is 2.17. The molecule has 1 aromatic carbocycles. The van der Waals surface area contributed by atoms with Gasteiger partial charge in [-0.1, -0.05) is 31.4 Å². The van der Waals surface area contributed by atoms with Crippen molar-refractivity contribution in [1.29, 1.82) is 0 Å². The monoisotopic (exact) mass is 301 g/mol. The molecule has 1 aromatic heterocycles. The highest BCUT2D eigenvalue weighted by Gasteiger charge is 2.13. The molecule has 0 bridgehead atoms. The lowest BCUT2D eigenvalue weighted by molar-refractivity contribution is 0.412. The summed E-state index contributed by atoms with van der Waals surface area (Å²) in [5, 5.41) is 3.28. The predicted molar refractivity (Wildman–Crippen MR) is 89.1 cm³/mol. The minimum atomic E-state index is -0.102. The van der Waals surface area contributed by atoms with Crippen LogP contribution in [0.3, 0.4) is 0 Å². The summed E-state index contributed by atoms with van der Waals surface area (Å²) in [6, 6.07) is 8.12. The quantitative estimate of drug-likeness (QED) is 0.591. The first-order valence-corrected chi connectivity index (χ1v) is 7.98. The van der Waals surface area contributed by atoms with E-state index in [4.69, 9.17) is 5.73 Å². The molecular formula is C16H23N5O. The summed E-state index contributed by atoms with van der Waals surface area (Å²) in [5.41, 5.74) is 7.59. The standard InChI is InChI=1S/C16H23N5O/c17-15(19-12-6-2-1-3-7-12)18-10-11-21-14-9-5-4-8-13(14)20-16(21)22/h4-5,8-9,12H,1-3,6-7,10-11H2,(H,20,22)(H3,17,18,19). The number of aromatic nitrogens is 2. The third kappa shape index (κ3) is 3.32. The van der Waals surface area contributed by atoms with E-state index in [9.17, 15) is 4.79 Å². The maximum Gasteiger partial charge on any atom is 0.326 e. The molecule has 0 amide bonds. The average Bonchev–Trinajstić information content (AvgIpc) is 2.84. The van der Waals surface area contributed by atoms with Crippen LogP contribution in [0.4, 0.5) is 0 Å². The van der Waals surface area contributed by atoms with Gasteiger partial charge in [0.05, 0.1) is 17.6 Å². The van der Waals surface area contributed by atoms with Crippen LogP contribution in [0.15, 0.2) is 34.1 Å². The van der Waals surface area contributed by atoms with Crippen molar-refractivity contribution in [1.82, 2.24) is 14.9 Å². The Labute approximate surface area is 129 Å². The Balaban J connectivity index is 1.60. The molecule has 0 atom stereocenters. The summed E-state index contributed by atoms with van der Waals surface area (Å²) >= 11 is 0. The van der Waals surface area contributed by atoms with Crippen LogP contribution in [-0.2, 0) is 6.54 Å². The molecule has 118 valence electrons. The minimum Gasteiger partial charge on any atom is -0.370 e. The van der Waals surface area contributed by atoms with Gasteiger partial charge in [0.15, 0.2) is 5.96 Å². The Morgan fingerprint density at radius 1 is 1.32 bits per heavy atom. The maximum absolute atomic E-state index is 11.9. The molecule has 0 saturated heterocycles. The fraction of sp³-hybridized carbons (Fsp3) is 0.500. The van der Waals surface area contributed by atoms with E-state index in [1.165, 1.54) is 19.3 Å². The molecule has 0 spiro atoms. The molecule has 1 fully saturated rings. The number of imidazole rings is 1. The Bertz CT molecular complexity index is 709. The van der Waals surface area contributed by atoms with Crippen molar-refractivity contribution in [2.75, 3.05) is 6.54 Å². The van der Waals surface area contributed by atoms with E-state index in [2.05, 4.69) is 15.3 Å². The van der Waals surface area contributed by atoms with Crippen molar-refractivity contribution >= 4 is 17.0 Å². The molecule has 2 aromatic rings. The summed E-state index contributed by atoms with van der Waals surface area (Å²) in [6.07, 6.45) is 6.17. The number of rotatable bonds is 4. The van der Waals surface area contributed by atoms with Crippen molar-refractivity contribution < 1.29 is 0 Å². The zero-order valence-corrected chi connectivity index (χ0v) is 12.7. The van der Waals surface area contributed by atoms with E-state index in [0.29, 0.717) is 25.1 Å². The van der Waals surface area contributed by atoms with Crippen molar-refractivity contribution in [2.45, 2.75) is 44.7 Å². The van der Waals surface area contributed by atoms with Gasteiger partial charge in [-0.2, -0.15) is 0 Å². The van der Waals surface area contributed by atoms with Crippen molar-refractivity contribution in [3.63, 3.8) is 0 Å². The number of para-hydroxylation sites is 2. The average molecular weight is 301 g/mol. The van der Waals surface area contributed by atoms with Gasteiger partial charge >= 0.3 is 5.69 Å². The van der Waals surface area contributed by atoms with Crippen LogP contribution in [0.5, 0.6) is 0 Å². The third-order valence-corrected chi connectivity index (χ3v) is 4.24. The molecule has 6 nitrogen and oxygen atoms in total. The van der Waals surface area contributed by atoms with Gasteiger partial charge < -0.3 is 16.0 Å². The Morgan fingerprint density at radius 2 is 2.09 bits per heavy atom. The van der Waals surface area contributed by atoms with Crippen molar-refractivity contribution in [3.05, 3.63) is 34.7 Å². The van der Waals surface area contributed by atoms with Crippen LogP contribution >= 0.6 is 0 Å².